The highest BCUT2D eigenvalue weighted by Crippen LogP contribution is 1.93. The summed E-state index contributed by atoms with van der Waals surface area (Å²) in [5.74, 6) is 0. The molecule has 0 saturated heterocycles. The zero-order chi connectivity index (χ0) is 5.70. The van der Waals surface area contributed by atoms with Crippen LogP contribution in [-0.2, 0) is 9.78 Å². The monoisotopic (exact) mass is 103 g/mol. The van der Waals surface area contributed by atoms with Gasteiger partial charge in [-0.1, -0.05) is 6.92 Å². The molecule has 0 fully saturated rings. The van der Waals surface area contributed by atoms with E-state index in [1.807, 2.05) is 13.8 Å². The Morgan fingerprint density at radius 1 is 1.71 bits per heavy atom. The predicted molar refractivity (Wildman–Crippen MR) is 27.3 cm³/mol. The van der Waals surface area contributed by atoms with Gasteiger partial charge in [-0.05, 0) is 13.3 Å². The van der Waals surface area contributed by atoms with Crippen molar-refractivity contribution in [3.63, 3.8) is 0 Å². The van der Waals surface area contributed by atoms with Gasteiger partial charge in [0.25, 0.3) is 0 Å². The van der Waals surface area contributed by atoms with E-state index in [1.165, 1.54) is 0 Å². The van der Waals surface area contributed by atoms with Gasteiger partial charge >= 0.3 is 0 Å². The standard InChI is InChI=1S/C5H11O2/c1-4-5(2)7-6-3/h5H,3-4H2,1-2H3/q-1. The lowest BCUT2D eigenvalue weighted by Gasteiger charge is -2.09. The van der Waals surface area contributed by atoms with Gasteiger partial charge in [0, 0.05) is 0 Å². The summed E-state index contributed by atoms with van der Waals surface area (Å²) < 4.78 is 0. The van der Waals surface area contributed by atoms with Gasteiger partial charge in [-0.3, -0.25) is 4.89 Å². The Morgan fingerprint density at radius 2 is 2.29 bits per heavy atom. The van der Waals surface area contributed by atoms with Crippen LogP contribution < -0.4 is 0 Å². The Balaban J connectivity index is 2.83. The first-order valence-electron chi connectivity index (χ1n) is 2.38. The second-order valence-corrected chi connectivity index (χ2v) is 1.43. The van der Waals surface area contributed by atoms with E-state index in [2.05, 4.69) is 16.9 Å². The highest BCUT2D eigenvalue weighted by Gasteiger charge is 1.91. The summed E-state index contributed by atoms with van der Waals surface area (Å²) in [6.45, 7) is 3.94. The fraction of sp³-hybridized carbons (Fsp3) is 0.800. The fourth-order valence-corrected chi connectivity index (χ4v) is 0.184. The van der Waals surface area contributed by atoms with Gasteiger partial charge in [0.1, 0.15) is 0 Å². The molecule has 2 nitrogen and oxygen atoms in total. The van der Waals surface area contributed by atoms with Crippen molar-refractivity contribution in [1.29, 1.82) is 0 Å². The highest BCUT2D eigenvalue weighted by atomic mass is 17.2. The molecule has 1 unspecified atom stereocenters. The van der Waals surface area contributed by atoms with E-state index >= 15 is 0 Å². The fourth-order valence-electron chi connectivity index (χ4n) is 0.184. The van der Waals surface area contributed by atoms with E-state index in [9.17, 15) is 0 Å². The van der Waals surface area contributed by atoms with Gasteiger partial charge < -0.3 is 4.89 Å². The van der Waals surface area contributed by atoms with Gasteiger partial charge in [-0.15, -0.1) is 0 Å². The van der Waals surface area contributed by atoms with Gasteiger partial charge in [0.2, 0.25) is 0 Å². The molecule has 0 heterocycles. The van der Waals surface area contributed by atoms with E-state index in [0.29, 0.717) is 0 Å². The van der Waals surface area contributed by atoms with Crippen molar-refractivity contribution < 1.29 is 9.78 Å². The van der Waals surface area contributed by atoms with Crippen molar-refractivity contribution in [2.24, 2.45) is 0 Å². The molecule has 0 rings (SSSR count). The van der Waals surface area contributed by atoms with Crippen LogP contribution in [0.1, 0.15) is 20.3 Å². The van der Waals surface area contributed by atoms with Crippen LogP contribution >= 0.6 is 0 Å². The second-order valence-electron chi connectivity index (χ2n) is 1.43. The molecule has 0 N–H and O–H groups in total. The Labute approximate surface area is 44.4 Å². The smallest absolute Gasteiger partial charge is 0.0864 e. The lowest BCUT2D eigenvalue weighted by Crippen LogP contribution is -2.03. The van der Waals surface area contributed by atoms with Crippen LogP contribution in [0.15, 0.2) is 0 Å². The number of hydrogen-bond donors (Lipinski definition) is 0. The van der Waals surface area contributed by atoms with Crippen LogP contribution in [0.3, 0.4) is 0 Å². The zero-order valence-electron chi connectivity index (χ0n) is 4.81. The minimum Gasteiger partial charge on any atom is -0.416 e. The molecule has 0 aliphatic rings. The molecule has 0 radical (unpaired) electrons. The normalized spacial score (nSPS) is 14.1. The Bertz CT molecular complexity index is 37.1. The molecule has 2 heteroatoms. The van der Waals surface area contributed by atoms with Crippen molar-refractivity contribution in [2.75, 3.05) is 0 Å². The van der Waals surface area contributed by atoms with Crippen molar-refractivity contribution >= 4 is 0 Å². The van der Waals surface area contributed by atoms with Crippen molar-refractivity contribution in [2.45, 2.75) is 26.4 Å². The molecule has 7 heavy (non-hydrogen) atoms. The number of hydrogen-bond acceptors (Lipinski definition) is 2. The zero-order valence-corrected chi connectivity index (χ0v) is 4.81. The van der Waals surface area contributed by atoms with Crippen molar-refractivity contribution in [3.05, 3.63) is 7.11 Å². The van der Waals surface area contributed by atoms with E-state index in [0.717, 1.165) is 6.42 Å². The SMILES string of the molecule is [CH2-]OOC(C)CC. The van der Waals surface area contributed by atoms with Crippen LogP contribution in [0.4, 0.5) is 0 Å². The second kappa shape index (κ2) is 4.09. The van der Waals surface area contributed by atoms with E-state index in [4.69, 9.17) is 0 Å². The highest BCUT2D eigenvalue weighted by molar-refractivity contribution is 4.37. The minimum absolute atomic E-state index is 0.164. The quantitative estimate of drug-likeness (QED) is 0.306. The third kappa shape index (κ3) is 3.76. The third-order valence-corrected chi connectivity index (χ3v) is 0.807. The van der Waals surface area contributed by atoms with Gasteiger partial charge in [-0.2, -0.15) is 7.11 Å². The van der Waals surface area contributed by atoms with E-state index in [-0.39, 0.29) is 6.10 Å². The topological polar surface area (TPSA) is 18.5 Å². The largest absolute Gasteiger partial charge is 0.416 e. The molecule has 0 aliphatic carbocycles. The molecule has 0 aliphatic heterocycles. The molecule has 0 saturated carbocycles. The summed E-state index contributed by atoms with van der Waals surface area (Å²) in [6, 6.07) is 0. The summed E-state index contributed by atoms with van der Waals surface area (Å²) in [5.41, 5.74) is 0. The Morgan fingerprint density at radius 3 is 2.43 bits per heavy atom. The molecule has 0 aromatic rings. The molecule has 1 atom stereocenters. The molecule has 0 spiro atoms. The van der Waals surface area contributed by atoms with Crippen LogP contribution in [0, 0.1) is 7.11 Å². The lowest BCUT2D eigenvalue weighted by atomic mass is 10.3. The first kappa shape index (κ1) is 6.92. The van der Waals surface area contributed by atoms with Gasteiger partial charge in [-0.25, -0.2) is 0 Å². The molecular weight excluding hydrogens is 92.1 g/mol. The Kier molecular flexibility index (Phi) is 4.04. The minimum atomic E-state index is 0.164. The number of rotatable bonds is 3. The van der Waals surface area contributed by atoms with Crippen LogP contribution in [0.5, 0.6) is 0 Å². The average molecular weight is 103 g/mol. The molecule has 44 valence electrons. The van der Waals surface area contributed by atoms with Gasteiger partial charge in [0.15, 0.2) is 0 Å². The Hall–Kier alpha value is -0.0800. The summed E-state index contributed by atoms with van der Waals surface area (Å²) in [4.78, 5) is 8.72. The average Bonchev–Trinajstić information content (AvgIpc) is 1.68. The molecule has 0 aromatic heterocycles. The summed E-state index contributed by atoms with van der Waals surface area (Å²) >= 11 is 0. The lowest BCUT2D eigenvalue weighted by molar-refractivity contribution is -0.282. The third-order valence-electron chi connectivity index (χ3n) is 0.807. The van der Waals surface area contributed by atoms with Crippen LogP contribution in [-0.4, -0.2) is 6.10 Å². The van der Waals surface area contributed by atoms with Crippen LogP contribution in [0.2, 0.25) is 0 Å². The summed E-state index contributed by atoms with van der Waals surface area (Å²) in [6.07, 6.45) is 1.12. The van der Waals surface area contributed by atoms with E-state index in [1.54, 1.807) is 0 Å². The maximum Gasteiger partial charge on any atom is 0.0864 e. The van der Waals surface area contributed by atoms with Gasteiger partial charge in [0.05, 0.1) is 6.10 Å². The van der Waals surface area contributed by atoms with Crippen LogP contribution in [0.25, 0.3) is 0 Å². The molecular formula is C5H11O2-. The summed E-state index contributed by atoms with van der Waals surface area (Å²) in [7, 11) is 3.05. The summed E-state index contributed by atoms with van der Waals surface area (Å²) in [5, 5.41) is 0. The molecule has 0 aromatic carbocycles. The first-order chi connectivity index (χ1) is 3.31. The first-order valence-corrected chi connectivity index (χ1v) is 2.38. The van der Waals surface area contributed by atoms with Crippen molar-refractivity contribution in [1.82, 2.24) is 0 Å². The predicted octanol–water partition coefficient (Wildman–Crippen LogP) is 1.52. The van der Waals surface area contributed by atoms with Crippen molar-refractivity contribution in [3.8, 4) is 0 Å². The maximum atomic E-state index is 4.58. The molecule has 0 bridgehead atoms. The van der Waals surface area contributed by atoms with E-state index < -0.39 is 0 Å². The molecule has 0 amide bonds. The maximum absolute atomic E-state index is 4.58.